The van der Waals surface area contributed by atoms with E-state index in [9.17, 15) is 21.6 Å². The molecule has 0 spiro atoms. The summed E-state index contributed by atoms with van der Waals surface area (Å²) in [4.78, 5) is 0. The van der Waals surface area contributed by atoms with Crippen molar-refractivity contribution < 1.29 is 25.8 Å². The highest BCUT2D eigenvalue weighted by Gasteiger charge is 2.13. The summed E-state index contributed by atoms with van der Waals surface area (Å²) in [6.07, 6.45) is 1.02. The lowest BCUT2D eigenvalue weighted by Gasteiger charge is -1.98. The zero-order chi connectivity index (χ0) is 12.2. The molecule has 0 bridgehead atoms. The van der Waals surface area contributed by atoms with Gasteiger partial charge in [-0.25, -0.2) is 4.39 Å². The van der Waals surface area contributed by atoms with E-state index in [1.165, 1.54) is 12.1 Å². The molecule has 0 aliphatic rings. The maximum Gasteiger partial charge on any atom is 0.359 e. The molecule has 1 rings (SSSR count). The Labute approximate surface area is 90.3 Å². The monoisotopic (exact) mass is 252 g/mol. The number of hydrogen-bond acceptors (Lipinski definition) is 3. The molecule has 0 saturated heterocycles. The van der Waals surface area contributed by atoms with Crippen LogP contribution in [0, 0.1) is 5.82 Å². The van der Waals surface area contributed by atoms with Crippen molar-refractivity contribution in [1.82, 2.24) is 0 Å². The van der Waals surface area contributed by atoms with Crippen LogP contribution in [0.4, 0.5) is 13.2 Å². The van der Waals surface area contributed by atoms with Gasteiger partial charge in [0.15, 0.2) is 0 Å². The fourth-order valence-corrected chi connectivity index (χ4v) is 1.46. The van der Waals surface area contributed by atoms with Crippen molar-refractivity contribution >= 4 is 16.2 Å². The van der Waals surface area contributed by atoms with Gasteiger partial charge in [-0.15, -0.1) is 0 Å². The van der Waals surface area contributed by atoms with Crippen LogP contribution in [0.5, 0.6) is 0 Å². The van der Waals surface area contributed by atoms with Crippen LogP contribution in [0.2, 0.25) is 0 Å². The molecule has 0 fully saturated rings. The summed E-state index contributed by atoms with van der Waals surface area (Å²) in [5.41, 5.74) is 0.350. The molecule has 0 radical (unpaired) electrons. The molecule has 0 aliphatic carbocycles. The standard InChI is InChI=1S/C9H7F3O3S/c10-8-3-1-7(2-4-8)5-6-16(13,14)15-9(11)12/h1-6,9H. The molecule has 0 heterocycles. The van der Waals surface area contributed by atoms with E-state index in [0.717, 1.165) is 18.2 Å². The molecule has 7 heteroatoms. The summed E-state index contributed by atoms with van der Waals surface area (Å²) in [6, 6.07) is 4.81. The quantitative estimate of drug-likeness (QED) is 0.772. The number of alkyl halides is 2. The van der Waals surface area contributed by atoms with E-state index in [1.807, 2.05) is 0 Å². The largest absolute Gasteiger partial charge is 0.359 e. The average Bonchev–Trinajstić information content (AvgIpc) is 2.15. The third kappa shape index (κ3) is 4.45. The van der Waals surface area contributed by atoms with E-state index in [4.69, 9.17) is 0 Å². The first-order valence-corrected chi connectivity index (χ1v) is 5.51. The Morgan fingerprint density at radius 3 is 2.25 bits per heavy atom. The minimum Gasteiger partial charge on any atom is -0.207 e. The maximum absolute atomic E-state index is 12.5. The van der Waals surface area contributed by atoms with Crippen LogP contribution in [0.25, 0.3) is 6.08 Å². The molecule has 0 aliphatic heterocycles. The van der Waals surface area contributed by atoms with Gasteiger partial charge in [-0.3, -0.25) is 0 Å². The molecular weight excluding hydrogens is 245 g/mol. The molecule has 0 aromatic heterocycles. The van der Waals surface area contributed by atoms with Gasteiger partial charge in [-0.05, 0) is 23.8 Å². The smallest absolute Gasteiger partial charge is 0.207 e. The maximum atomic E-state index is 12.5. The van der Waals surface area contributed by atoms with E-state index in [2.05, 4.69) is 4.18 Å². The highest BCUT2D eigenvalue weighted by Crippen LogP contribution is 2.09. The van der Waals surface area contributed by atoms with Crippen molar-refractivity contribution in [2.75, 3.05) is 0 Å². The van der Waals surface area contributed by atoms with Crippen molar-refractivity contribution in [2.24, 2.45) is 0 Å². The summed E-state index contributed by atoms with van der Waals surface area (Å²) in [7, 11) is -4.41. The van der Waals surface area contributed by atoms with Crippen molar-refractivity contribution in [1.29, 1.82) is 0 Å². The average molecular weight is 252 g/mol. The summed E-state index contributed by atoms with van der Waals surface area (Å²) < 4.78 is 60.7. The highest BCUT2D eigenvalue weighted by molar-refractivity contribution is 7.89. The lowest BCUT2D eigenvalue weighted by atomic mass is 10.2. The number of hydrogen-bond donors (Lipinski definition) is 0. The Hall–Kier alpha value is -1.34. The number of halogens is 3. The predicted molar refractivity (Wildman–Crippen MR) is 51.4 cm³/mol. The highest BCUT2D eigenvalue weighted by atomic mass is 32.2. The van der Waals surface area contributed by atoms with Crippen molar-refractivity contribution in [3.8, 4) is 0 Å². The molecule has 88 valence electrons. The van der Waals surface area contributed by atoms with Crippen LogP contribution < -0.4 is 0 Å². The van der Waals surface area contributed by atoms with Crippen LogP contribution in [0.1, 0.15) is 5.56 Å². The molecule has 0 N–H and O–H groups in total. The molecule has 0 amide bonds. The number of rotatable bonds is 4. The van der Waals surface area contributed by atoms with E-state index < -0.39 is 22.5 Å². The molecule has 0 atom stereocenters. The Kier molecular flexibility index (Phi) is 4.08. The summed E-state index contributed by atoms with van der Waals surface area (Å²) in [5.74, 6) is -0.483. The van der Waals surface area contributed by atoms with Gasteiger partial charge in [0.05, 0.1) is 5.41 Å². The zero-order valence-corrected chi connectivity index (χ0v) is 8.62. The van der Waals surface area contributed by atoms with Gasteiger partial charge in [-0.1, -0.05) is 12.1 Å². The Balaban J connectivity index is 2.77. The lowest BCUT2D eigenvalue weighted by Crippen LogP contribution is -2.06. The van der Waals surface area contributed by atoms with Crippen molar-refractivity contribution in [2.45, 2.75) is 6.61 Å². The lowest BCUT2D eigenvalue weighted by molar-refractivity contribution is -0.0432. The molecule has 3 nitrogen and oxygen atoms in total. The predicted octanol–water partition coefficient (Wildman–Crippen LogP) is 2.37. The summed E-state index contributed by atoms with van der Waals surface area (Å²) in [5, 5.41) is 0.479. The minimum atomic E-state index is -4.41. The summed E-state index contributed by atoms with van der Waals surface area (Å²) in [6.45, 7) is -3.40. The fourth-order valence-electron chi connectivity index (χ4n) is 0.869. The number of benzene rings is 1. The van der Waals surface area contributed by atoms with Gasteiger partial charge in [0.1, 0.15) is 5.82 Å². The summed E-state index contributed by atoms with van der Waals surface area (Å²) >= 11 is 0. The van der Waals surface area contributed by atoms with Crippen LogP contribution in [-0.2, 0) is 14.3 Å². The Morgan fingerprint density at radius 2 is 1.75 bits per heavy atom. The second kappa shape index (κ2) is 5.13. The van der Waals surface area contributed by atoms with Gasteiger partial charge in [0.2, 0.25) is 0 Å². The van der Waals surface area contributed by atoms with E-state index >= 15 is 0 Å². The van der Waals surface area contributed by atoms with Crippen LogP contribution in [-0.4, -0.2) is 15.0 Å². The normalized spacial score (nSPS) is 12.5. The molecule has 0 saturated carbocycles. The van der Waals surface area contributed by atoms with Crippen molar-refractivity contribution in [3.05, 3.63) is 41.1 Å². The van der Waals surface area contributed by atoms with Crippen LogP contribution in [0.15, 0.2) is 29.7 Å². The molecule has 0 unspecified atom stereocenters. The van der Waals surface area contributed by atoms with E-state index in [0.29, 0.717) is 11.0 Å². The van der Waals surface area contributed by atoms with Crippen LogP contribution >= 0.6 is 0 Å². The Bertz CT molecular complexity index is 465. The first kappa shape index (κ1) is 12.7. The van der Waals surface area contributed by atoms with E-state index in [1.54, 1.807) is 0 Å². The van der Waals surface area contributed by atoms with Gasteiger partial charge < -0.3 is 0 Å². The third-order valence-electron chi connectivity index (χ3n) is 1.50. The van der Waals surface area contributed by atoms with Gasteiger partial charge >= 0.3 is 6.61 Å². The van der Waals surface area contributed by atoms with Crippen LogP contribution in [0.3, 0.4) is 0 Å². The molecule has 1 aromatic carbocycles. The second-order valence-electron chi connectivity index (χ2n) is 2.70. The van der Waals surface area contributed by atoms with Crippen molar-refractivity contribution in [3.63, 3.8) is 0 Å². The first-order chi connectivity index (χ1) is 7.39. The van der Waals surface area contributed by atoms with E-state index in [-0.39, 0.29) is 0 Å². The topological polar surface area (TPSA) is 43.4 Å². The second-order valence-corrected chi connectivity index (χ2v) is 4.15. The first-order valence-electron chi connectivity index (χ1n) is 4.04. The molecule has 1 aromatic rings. The Morgan fingerprint density at radius 1 is 1.19 bits per heavy atom. The molecular formula is C9H7F3O3S. The fraction of sp³-hybridized carbons (Fsp3) is 0.111. The van der Waals surface area contributed by atoms with Gasteiger partial charge in [0.25, 0.3) is 10.1 Å². The SMILES string of the molecule is O=S(=O)(C=Cc1ccc(F)cc1)OC(F)F. The zero-order valence-electron chi connectivity index (χ0n) is 7.81. The third-order valence-corrected chi connectivity index (χ3v) is 2.39. The molecule has 16 heavy (non-hydrogen) atoms. The van der Waals surface area contributed by atoms with Gasteiger partial charge in [0, 0.05) is 0 Å². The minimum absolute atomic E-state index is 0.350. The van der Waals surface area contributed by atoms with Gasteiger partial charge in [-0.2, -0.15) is 21.4 Å².